The molecular weight excluding hydrogens is 305 g/mol. The minimum atomic E-state index is -4.33. The summed E-state index contributed by atoms with van der Waals surface area (Å²) in [6.07, 6.45) is -4.33. The third kappa shape index (κ3) is 5.51. The normalized spacial score (nSPS) is 12.1. The van der Waals surface area contributed by atoms with Crippen LogP contribution in [0.1, 0.15) is 31.9 Å². The van der Waals surface area contributed by atoms with Gasteiger partial charge in [0.2, 0.25) is 0 Å². The number of hydrogen-bond donors (Lipinski definition) is 0. The largest absolute Gasteiger partial charge is 0.489 e. The number of alkyl halides is 3. The van der Waals surface area contributed by atoms with E-state index in [1.807, 2.05) is 45.0 Å². The number of ether oxygens (including phenoxy) is 2. The average molecular weight is 324 g/mol. The summed E-state index contributed by atoms with van der Waals surface area (Å²) < 4.78 is 48.6. The van der Waals surface area contributed by atoms with E-state index < -0.39 is 11.7 Å². The Kier molecular flexibility index (Phi) is 4.88. The first-order chi connectivity index (χ1) is 10.6. The molecule has 0 N–H and O–H groups in total. The Morgan fingerprint density at radius 3 is 1.78 bits per heavy atom. The first-order valence-electron chi connectivity index (χ1n) is 7.21. The number of hydrogen-bond acceptors (Lipinski definition) is 2. The van der Waals surface area contributed by atoms with Crippen molar-refractivity contribution in [2.24, 2.45) is 0 Å². The monoisotopic (exact) mass is 324 g/mol. The van der Waals surface area contributed by atoms with Crippen LogP contribution in [0.5, 0.6) is 11.5 Å². The molecule has 0 heterocycles. The van der Waals surface area contributed by atoms with Gasteiger partial charge in [-0.15, -0.1) is 0 Å². The lowest BCUT2D eigenvalue weighted by Crippen LogP contribution is -2.22. The molecule has 0 aliphatic carbocycles. The van der Waals surface area contributed by atoms with Crippen LogP contribution in [0.25, 0.3) is 0 Å². The second-order valence-electron chi connectivity index (χ2n) is 6.17. The zero-order valence-corrected chi connectivity index (χ0v) is 13.3. The van der Waals surface area contributed by atoms with E-state index in [0.717, 1.165) is 23.4 Å². The Morgan fingerprint density at radius 1 is 0.783 bits per heavy atom. The van der Waals surface area contributed by atoms with Gasteiger partial charge in [0.1, 0.15) is 23.7 Å². The van der Waals surface area contributed by atoms with E-state index in [-0.39, 0.29) is 12.2 Å². The molecule has 0 unspecified atom stereocenters. The fourth-order valence-electron chi connectivity index (χ4n) is 1.91. The van der Waals surface area contributed by atoms with Crippen LogP contribution in [0, 0.1) is 0 Å². The highest BCUT2D eigenvalue weighted by Gasteiger charge is 2.29. The van der Waals surface area contributed by atoms with Crippen molar-refractivity contribution in [3.05, 3.63) is 59.7 Å². The minimum Gasteiger partial charge on any atom is -0.489 e. The molecule has 124 valence electrons. The Morgan fingerprint density at radius 2 is 1.30 bits per heavy atom. The van der Waals surface area contributed by atoms with Crippen LogP contribution in [0.3, 0.4) is 0 Å². The first kappa shape index (κ1) is 17.2. The summed E-state index contributed by atoms with van der Waals surface area (Å²) >= 11 is 0. The highest BCUT2D eigenvalue weighted by molar-refractivity contribution is 5.30. The predicted octanol–water partition coefficient (Wildman–Crippen LogP) is 5.46. The SMILES string of the molecule is CC(C)(C)Oc1ccc(COc2ccc(C(F)(F)F)cc2)cc1. The maximum Gasteiger partial charge on any atom is 0.416 e. The third-order valence-electron chi connectivity index (χ3n) is 2.93. The molecule has 5 heteroatoms. The van der Waals surface area contributed by atoms with Gasteiger partial charge in [-0.3, -0.25) is 0 Å². The van der Waals surface area contributed by atoms with Crippen molar-refractivity contribution in [1.82, 2.24) is 0 Å². The Bertz CT molecular complexity index is 623. The van der Waals surface area contributed by atoms with Crippen molar-refractivity contribution in [3.63, 3.8) is 0 Å². The van der Waals surface area contributed by atoms with Crippen LogP contribution in [-0.2, 0) is 12.8 Å². The molecule has 2 rings (SSSR count). The Labute approximate surface area is 133 Å². The van der Waals surface area contributed by atoms with Gasteiger partial charge in [-0.1, -0.05) is 12.1 Å². The topological polar surface area (TPSA) is 18.5 Å². The molecule has 0 aliphatic heterocycles. The molecule has 2 aromatic carbocycles. The molecule has 0 atom stereocenters. The van der Waals surface area contributed by atoms with Crippen LogP contribution in [0.4, 0.5) is 13.2 Å². The van der Waals surface area contributed by atoms with Crippen molar-refractivity contribution in [1.29, 1.82) is 0 Å². The number of benzene rings is 2. The van der Waals surface area contributed by atoms with Gasteiger partial charge in [0.25, 0.3) is 0 Å². The van der Waals surface area contributed by atoms with E-state index in [9.17, 15) is 13.2 Å². The molecule has 0 saturated heterocycles. The zero-order valence-electron chi connectivity index (χ0n) is 13.3. The molecular formula is C18H19F3O2. The molecule has 0 saturated carbocycles. The van der Waals surface area contributed by atoms with Gasteiger partial charge in [0.05, 0.1) is 5.56 Å². The molecule has 0 spiro atoms. The fourth-order valence-corrected chi connectivity index (χ4v) is 1.91. The summed E-state index contributed by atoms with van der Waals surface area (Å²) in [6, 6.07) is 12.1. The fraction of sp³-hybridized carbons (Fsp3) is 0.333. The Hall–Kier alpha value is -2.17. The van der Waals surface area contributed by atoms with Gasteiger partial charge in [-0.25, -0.2) is 0 Å². The van der Waals surface area contributed by atoms with E-state index in [1.54, 1.807) is 0 Å². The lowest BCUT2D eigenvalue weighted by molar-refractivity contribution is -0.137. The minimum absolute atomic E-state index is 0.266. The second kappa shape index (κ2) is 6.52. The predicted molar refractivity (Wildman–Crippen MR) is 82.6 cm³/mol. The molecule has 2 nitrogen and oxygen atoms in total. The summed E-state index contributed by atoms with van der Waals surface area (Å²) in [7, 11) is 0. The summed E-state index contributed by atoms with van der Waals surface area (Å²) in [4.78, 5) is 0. The second-order valence-corrected chi connectivity index (χ2v) is 6.17. The quantitative estimate of drug-likeness (QED) is 0.743. The zero-order chi connectivity index (χ0) is 17.1. The van der Waals surface area contributed by atoms with E-state index in [2.05, 4.69) is 0 Å². The lowest BCUT2D eigenvalue weighted by atomic mass is 10.2. The first-order valence-corrected chi connectivity index (χ1v) is 7.21. The smallest absolute Gasteiger partial charge is 0.416 e. The van der Waals surface area contributed by atoms with E-state index >= 15 is 0 Å². The van der Waals surface area contributed by atoms with Crippen LogP contribution in [0.2, 0.25) is 0 Å². The van der Waals surface area contributed by atoms with Gasteiger partial charge in [0, 0.05) is 0 Å². The van der Waals surface area contributed by atoms with Crippen LogP contribution in [0.15, 0.2) is 48.5 Å². The summed E-state index contributed by atoms with van der Waals surface area (Å²) in [5.74, 6) is 1.16. The lowest BCUT2D eigenvalue weighted by Gasteiger charge is -2.21. The summed E-state index contributed by atoms with van der Waals surface area (Å²) in [5.41, 5.74) is -0.0437. The highest BCUT2D eigenvalue weighted by Crippen LogP contribution is 2.30. The van der Waals surface area contributed by atoms with Crippen LogP contribution >= 0.6 is 0 Å². The van der Waals surface area contributed by atoms with E-state index in [0.29, 0.717) is 5.75 Å². The maximum atomic E-state index is 12.5. The van der Waals surface area contributed by atoms with E-state index in [4.69, 9.17) is 9.47 Å². The summed E-state index contributed by atoms with van der Waals surface area (Å²) in [6.45, 7) is 6.18. The number of rotatable bonds is 4. The van der Waals surface area contributed by atoms with Gasteiger partial charge in [-0.05, 0) is 62.7 Å². The van der Waals surface area contributed by atoms with Gasteiger partial charge < -0.3 is 9.47 Å². The standard InChI is InChI=1S/C18H19F3O2/c1-17(2,3)23-16-8-4-13(5-9-16)12-22-15-10-6-14(7-11-15)18(19,20)21/h4-11H,12H2,1-3H3. The maximum absolute atomic E-state index is 12.5. The van der Waals surface area contributed by atoms with Crippen molar-refractivity contribution in [3.8, 4) is 11.5 Å². The van der Waals surface area contributed by atoms with Gasteiger partial charge in [0.15, 0.2) is 0 Å². The molecule has 0 bridgehead atoms. The van der Waals surface area contributed by atoms with Gasteiger partial charge in [-0.2, -0.15) is 13.2 Å². The third-order valence-corrected chi connectivity index (χ3v) is 2.93. The average Bonchev–Trinajstić information content (AvgIpc) is 2.44. The van der Waals surface area contributed by atoms with Crippen molar-refractivity contribution in [2.45, 2.75) is 39.2 Å². The Balaban J connectivity index is 1.93. The molecule has 0 fully saturated rings. The van der Waals surface area contributed by atoms with Crippen LogP contribution < -0.4 is 9.47 Å². The summed E-state index contributed by atoms with van der Waals surface area (Å²) in [5, 5.41) is 0. The van der Waals surface area contributed by atoms with Gasteiger partial charge >= 0.3 is 6.18 Å². The molecule has 0 radical (unpaired) electrons. The van der Waals surface area contributed by atoms with Crippen molar-refractivity contribution >= 4 is 0 Å². The van der Waals surface area contributed by atoms with Crippen LogP contribution in [-0.4, -0.2) is 5.60 Å². The molecule has 2 aromatic rings. The van der Waals surface area contributed by atoms with E-state index in [1.165, 1.54) is 12.1 Å². The number of halogens is 3. The van der Waals surface area contributed by atoms with Crippen molar-refractivity contribution < 1.29 is 22.6 Å². The molecule has 0 aromatic heterocycles. The molecule has 0 aliphatic rings. The molecule has 23 heavy (non-hydrogen) atoms. The highest BCUT2D eigenvalue weighted by atomic mass is 19.4. The van der Waals surface area contributed by atoms with Crippen molar-refractivity contribution in [2.75, 3.05) is 0 Å². The molecule has 0 amide bonds.